The summed E-state index contributed by atoms with van der Waals surface area (Å²) >= 11 is 5.99. The average molecular weight is 477 g/mol. The summed E-state index contributed by atoms with van der Waals surface area (Å²) in [4.78, 5) is 12.4. The summed E-state index contributed by atoms with van der Waals surface area (Å²) in [5, 5.41) is 14.9. The van der Waals surface area contributed by atoms with E-state index in [-0.39, 0.29) is 29.6 Å². The molecule has 1 aromatic heterocycles. The van der Waals surface area contributed by atoms with Gasteiger partial charge in [0.25, 0.3) is 0 Å². The molecule has 1 saturated carbocycles. The fourth-order valence-corrected chi connectivity index (χ4v) is 4.52. The van der Waals surface area contributed by atoms with Crippen molar-refractivity contribution in [1.29, 1.82) is 5.26 Å². The Hall–Kier alpha value is -3.81. The molecule has 0 bridgehead atoms. The minimum atomic E-state index is -0.895. The van der Waals surface area contributed by atoms with E-state index in [4.69, 9.17) is 28.5 Å². The molecule has 0 atom stereocenters. The number of aromatic nitrogens is 2. The third-order valence-corrected chi connectivity index (χ3v) is 6.51. The highest BCUT2D eigenvalue weighted by molar-refractivity contribution is 6.30. The lowest BCUT2D eigenvalue weighted by Gasteiger charge is -2.28. The first kappa shape index (κ1) is 23.4. The van der Waals surface area contributed by atoms with Crippen molar-refractivity contribution in [1.82, 2.24) is 9.78 Å². The van der Waals surface area contributed by atoms with Crippen molar-refractivity contribution in [3.63, 3.8) is 0 Å². The molecule has 2 aromatic carbocycles. The third kappa shape index (κ3) is 4.76. The summed E-state index contributed by atoms with van der Waals surface area (Å²) in [7, 11) is 0. The number of carbonyl (C=O) groups is 1. The quantitative estimate of drug-likeness (QED) is 0.395. The van der Waals surface area contributed by atoms with Crippen molar-refractivity contribution in [2.75, 3.05) is 5.73 Å². The molecule has 1 heterocycles. The van der Waals surface area contributed by atoms with Crippen LogP contribution in [0.2, 0.25) is 5.02 Å². The molecule has 0 saturated heterocycles. The second kappa shape index (κ2) is 9.99. The van der Waals surface area contributed by atoms with Gasteiger partial charge >= 0.3 is 5.97 Å². The SMILES string of the molecule is C#Cc1ccc(F)c(C(=O)OCn2nc(C3CCC(c4ccc(Cl)cc4)CC3)c(C#N)c2N)c1. The first-order valence-corrected chi connectivity index (χ1v) is 11.2. The number of rotatable bonds is 5. The van der Waals surface area contributed by atoms with Crippen LogP contribution in [0.25, 0.3) is 0 Å². The summed E-state index contributed by atoms with van der Waals surface area (Å²) in [5.74, 6) is 1.32. The molecule has 4 rings (SSSR count). The molecular formula is C26H22ClFN4O2. The molecule has 1 fully saturated rings. The van der Waals surface area contributed by atoms with E-state index in [2.05, 4.69) is 29.2 Å². The standard InChI is InChI=1S/C26H22ClFN4O2/c1-2-16-3-12-23(28)21(13-16)26(33)34-15-32-25(30)22(14-29)24(31-32)19-6-4-17(5-7-19)18-8-10-20(27)11-9-18/h1,3,8-13,17,19H,4-7,15,30H2. The molecule has 1 aliphatic rings. The zero-order chi connectivity index (χ0) is 24.2. The Kier molecular flexibility index (Phi) is 6.86. The Balaban J connectivity index is 1.45. The van der Waals surface area contributed by atoms with E-state index in [1.165, 1.54) is 22.4 Å². The minimum absolute atomic E-state index is 0.0715. The molecule has 1 aliphatic carbocycles. The fourth-order valence-electron chi connectivity index (χ4n) is 4.40. The number of nitrogens with zero attached hydrogens (tertiary/aromatic N) is 3. The van der Waals surface area contributed by atoms with E-state index >= 15 is 0 Å². The summed E-state index contributed by atoms with van der Waals surface area (Å²) in [6.45, 7) is -0.348. The largest absolute Gasteiger partial charge is 0.439 e. The predicted octanol–water partition coefficient (Wildman–Crippen LogP) is 5.37. The average Bonchev–Trinajstić information content (AvgIpc) is 3.18. The Bertz CT molecular complexity index is 1300. The Morgan fingerprint density at radius 1 is 1.21 bits per heavy atom. The molecule has 34 heavy (non-hydrogen) atoms. The zero-order valence-corrected chi connectivity index (χ0v) is 19.1. The van der Waals surface area contributed by atoms with Crippen molar-refractivity contribution >= 4 is 23.4 Å². The molecule has 0 unspecified atom stereocenters. The zero-order valence-electron chi connectivity index (χ0n) is 18.3. The van der Waals surface area contributed by atoms with Crippen LogP contribution in [0.15, 0.2) is 42.5 Å². The van der Waals surface area contributed by atoms with Gasteiger partial charge in [-0.15, -0.1) is 6.42 Å². The van der Waals surface area contributed by atoms with Crippen LogP contribution in [0.5, 0.6) is 0 Å². The van der Waals surface area contributed by atoms with Crippen LogP contribution in [0.4, 0.5) is 10.2 Å². The van der Waals surface area contributed by atoms with E-state index in [0.29, 0.717) is 22.2 Å². The topological polar surface area (TPSA) is 93.9 Å². The monoisotopic (exact) mass is 476 g/mol. The van der Waals surface area contributed by atoms with Gasteiger partial charge in [0.15, 0.2) is 6.73 Å². The van der Waals surface area contributed by atoms with Crippen LogP contribution in [-0.4, -0.2) is 15.7 Å². The number of benzene rings is 2. The molecule has 8 heteroatoms. The smallest absolute Gasteiger partial charge is 0.342 e. The maximum Gasteiger partial charge on any atom is 0.342 e. The van der Waals surface area contributed by atoms with Gasteiger partial charge in [-0.05, 0) is 67.5 Å². The first-order valence-electron chi connectivity index (χ1n) is 10.9. The van der Waals surface area contributed by atoms with Gasteiger partial charge < -0.3 is 10.5 Å². The molecule has 3 aromatic rings. The van der Waals surface area contributed by atoms with Gasteiger partial charge in [-0.3, -0.25) is 0 Å². The van der Waals surface area contributed by atoms with E-state index < -0.39 is 11.8 Å². The highest BCUT2D eigenvalue weighted by Crippen LogP contribution is 2.41. The number of hydrogen-bond donors (Lipinski definition) is 1. The van der Waals surface area contributed by atoms with Crippen molar-refractivity contribution < 1.29 is 13.9 Å². The Morgan fingerprint density at radius 3 is 2.53 bits per heavy atom. The summed E-state index contributed by atoms with van der Waals surface area (Å²) in [6, 6.07) is 13.8. The number of nitriles is 1. The number of hydrogen-bond acceptors (Lipinski definition) is 5. The molecule has 0 amide bonds. The van der Waals surface area contributed by atoms with E-state index in [9.17, 15) is 14.4 Å². The second-order valence-electron chi connectivity index (χ2n) is 8.26. The number of nitrogen functional groups attached to an aromatic ring is 1. The summed E-state index contributed by atoms with van der Waals surface area (Å²) in [6.07, 6.45) is 8.91. The molecule has 2 N–H and O–H groups in total. The molecule has 172 valence electrons. The van der Waals surface area contributed by atoms with Crippen molar-refractivity contribution in [3.8, 4) is 18.4 Å². The van der Waals surface area contributed by atoms with Gasteiger partial charge in [-0.1, -0.05) is 29.7 Å². The van der Waals surface area contributed by atoms with E-state index in [0.717, 1.165) is 31.7 Å². The maximum atomic E-state index is 14.0. The lowest BCUT2D eigenvalue weighted by Crippen LogP contribution is -2.15. The van der Waals surface area contributed by atoms with E-state index in [1.807, 2.05) is 12.1 Å². The number of carbonyl (C=O) groups excluding carboxylic acids is 1. The molecule has 0 spiro atoms. The van der Waals surface area contributed by atoms with Crippen molar-refractivity contribution in [2.24, 2.45) is 0 Å². The second-order valence-corrected chi connectivity index (χ2v) is 8.69. The van der Waals surface area contributed by atoms with Gasteiger partial charge in [0.05, 0.1) is 11.3 Å². The van der Waals surface area contributed by atoms with Crippen molar-refractivity contribution in [3.05, 3.63) is 81.3 Å². The van der Waals surface area contributed by atoms with Crippen LogP contribution < -0.4 is 5.73 Å². The fraction of sp³-hybridized carbons (Fsp3) is 0.269. The number of nitrogens with two attached hydrogens (primary N) is 1. The Morgan fingerprint density at radius 2 is 1.88 bits per heavy atom. The van der Waals surface area contributed by atoms with Crippen LogP contribution in [-0.2, 0) is 11.5 Å². The lowest BCUT2D eigenvalue weighted by atomic mass is 9.77. The predicted molar refractivity (Wildman–Crippen MR) is 127 cm³/mol. The van der Waals surface area contributed by atoms with Crippen LogP contribution in [0, 0.1) is 29.5 Å². The van der Waals surface area contributed by atoms with Gasteiger partial charge in [-0.2, -0.15) is 10.4 Å². The number of ether oxygens (including phenoxy) is 1. The highest BCUT2D eigenvalue weighted by atomic mass is 35.5. The van der Waals surface area contributed by atoms with Crippen LogP contribution in [0.1, 0.15) is 70.3 Å². The van der Waals surface area contributed by atoms with Crippen LogP contribution in [0.3, 0.4) is 0 Å². The molecule has 0 aliphatic heterocycles. The molecule has 6 nitrogen and oxygen atoms in total. The van der Waals surface area contributed by atoms with Crippen LogP contribution >= 0.6 is 11.6 Å². The third-order valence-electron chi connectivity index (χ3n) is 6.26. The van der Waals surface area contributed by atoms with Gasteiger partial charge in [0.2, 0.25) is 0 Å². The van der Waals surface area contributed by atoms with Gasteiger partial charge in [-0.25, -0.2) is 13.9 Å². The van der Waals surface area contributed by atoms with Gasteiger partial charge in [0, 0.05) is 16.5 Å². The number of anilines is 1. The summed E-state index contributed by atoms with van der Waals surface area (Å²) in [5.41, 5.74) is 8.35. The molecular weight excluding hydrogens is 455 g/mol. The normalized spacial score (nSPS) is 17.5. The van der Waals surface area contributed by atoms with E-state index in [1.54, 1.807) is 0 Å². The summed E-state index contributed by atoms with van der Waals surface area (Å²) < 4.78 is 20.5. The number of halogens is 2. The maximum absolute atomic E-state index is 14.0. The minimum Gasteiger partial charge on any atom is -0.439 e. The highest BCUT2D eigenvalue weighted by Gasteiger charge is 2.29. The first-order chi connectivity index (χ1) is 16.4. The van der Waals surface area contributed by atoms with Gasteiger partial charge in [0.1, 0.15) is 23.3 Å². The molecule has 0 radical (unpaired) electrons. The Labute approximate surface area is 202 Å². The number of terminal acetylenes is 1. The number of esters is 1. The lowest BCUT2D eigenvalue weighted by molar-refractivity contribution is 0.0347. The van der Waals surface area contributed by atoms with Crippen molar-refractivity contribution in [2.45, 2.75) is 44.2 Å².